The molecule has 0 saturated heterocycles. The van der Waals surface area contributed by atoms with Crippen LogP contribution in [0, 0.1) is 5.82 Å². The van der Waals surface area contributed by atoms with E-state index in [0.717, 1.165) is 18.3 Å². The molecule has 25 heavy (non-hydrogen) atoms. The summed E-state index contributed by atoms with van der Waals surface area (Å²) in [4.78, 5) is 7.10. The number of halogens is 5. The van der Waals surface area contributed by atoms with Crippen LogP contribution >= 0.6 is 11.6 Å². The van der Waals surface area contributed by atoms with Gasteiger partial charge in [-0.3, -0.25) is 4.90 Å². The summed E-state index contributed by atoms with van der Waals surface area (Å²) in [7, 11) is 1.69. The number of nitrogens with zero attached hydrogens (tertiary/aromatic N) is 3. The zero-order valence-corrected chi connectivity index (χ0v) is 13.7. The van der Waals surface area contributed by atoms with Gasteiger partial charge in [-0.15, -0.1) is 0 Å². The molecule has 0 aliphatic carbocycles. The van der Waals surface area contributed by atoms with Crippen LogP contribution < -0.4 is 10.2 Å². The zero-order valence-electron chi connectivity index (χ0n) is 12.9. The number of hydrogen-bond acceptors (Lipinski definition) is 4. The van der Waals surface area contributed by atoms with Crippen LogP contribution in [-0.2, 0) is 6.18 Å². The molecule has 132 valence electrons. The lowest BCUT2D eigenvalue weighted by Crippen LogP contribution is -2.43. The largest absolute Gasteiger partial charge is 0.416 e. The fourth-order valence-corrected chi connectivity index (χ4v) is 2.63. The molecule has 1 aromatic carbocycles. The van der Waals surface area contributed by atoms with Gasteiger partial charge in [0.05, 0.1) is 16.3 Å². The van der Waals surface area contributed by atoms with Crippen LogP contribution in [0.15, 0.2) is 48.9 Å². The van der Waals surface area contributed by atoms with E-state index in [1.165, 1.54) is 23.1 Å². The molecule has 0 amide bonds. The van der Waals surface area contributed by atoms with Gasteiger partial charge in [0.25, 0.3) is 0 Å². The molecule has 2 aromatic rings. The molecule has 0 bridgehead atoms. The second-order valence-corrected chi connectivity index (χ2v) is 5.79. The first-order chi connectivity index (χ1) is 11.8. The lowest BCUT2D eigenvalue weighted by atomic mass is 10.2. The number of rotatable bonds is 3. The van der Waals surface area contributed by atoms with Crippen molar-refractivity contribution in [3.63, 3.8) is 0 Å². The number of nitrogens with one attached hydrogen (secondary N) is 1. The van der Waals surface area contributed by atoms with Gasteiger partial charge in [0.1, 0.15) is 11.6 Å². The van der Waals surface area contributed by atoms with Gasteiger partial charge >= 0.3 is 6.18 Å². The van der Waals surface area contributed by atoms with Crippen LogP contribution in [0.2, 0.25) is 5.02 Å². The Balaban J connectivity index is 1.93. The van der Waals surface area contributed by atoms with Gasteiger partial charge in [0, 0.05) is 25.6 Å². The molecule has 4 nitrogen and oxygen atoms in total. The maximum absolute atomic E-state index is 14.0. The van der Waals surface area contributed by atoms with Crippen LogP contribution in [0.4, 0.5) is 29.1 Å². The summed E-state index contributed by atoms with van der Waals surface area (Å²) in [6.07, 6.45) is -0.906. The van der Waals surface area contributed by atoms with Gasteiger partial charge in [-0.1, -0.05) is 17.7 Å². The molecule has 1 N–H and O–H groups in total. The summed E-state index contributed by atoms with van der Waals surface area (Å²) in [5.41, 5.74) is -0.759. The molecule has 0 radical (unpaired) electrons. The number of alkyl halides is 3. The Bertz CT molecular complexity index is 789. The van der Waals surface area contributed by atoms with E-state index < -0.39 is 23.8 Å². The van der Waals surface area contributed by atoms with Crippen molar-refractivity contribution in [2.24, 2.45) is 0 Å². The minimum Gasteiger partial charge on any atom is -0.344 e. The molecular weight excluding hydrogens is 360 g/mol. The Kier molecular flexibility index (Phi) is 4.47. The Hall–Kier alpha value is -2.48. The number of pyridine rings is 1. The van der Waals surface area contributed by atoms with Crippen molar-refractivity contribution < 1.29 is 17.6 Å². The van der Waals surface area contributed by atoms with E-state index in [2.05, 4.69) is 10.3 Å². The van der Waals surface area contributed by atoms with Crippen LogP contribution in [0.25, 0.3) is 0 Å². The first kappa shape index (κ1) is 17.3. The summed E-state index contributed by atoms with van der Waals surface area (Å²) < 4.78 is 52.8. The van der Waals surface area contributed by atoms with Crippen LogP contribution in [-0.4, -0.2) is 23.2 Å². The fourth-order valence-electron chi connectivity index (χ4n) is 2.41. The van der Waals surface area contributed by atoms with Gasteiger partial charge < -0.3 is 10.2 Å². The Morgan fingerprint density at radius 1 is 1.20 bits per heavy atom. The third-order valence-electron chi connectivity index (χ3n) is 3.69. The number of para-hydroxylation sites is 1. The van der Waals surface area contributed by atoms with Crippen molar-refractivity contribution in [3.05, 3.63) is 65.3 Å². The molecule has 1 aliphatic heterocycles. The fraction of sp³-hybridized carbons (Fsp3) is 0.188. The third kappa shape index (κ3) is 3.48. The third-order valence-corrected chi connectivity index (χ3v) is 4.00. The van der Waals surface area contributed by atoms with Crippen molar-refractivity contribution in [2.75, 3.05) is 17.3 Å². The Morgan fingerprint density at radius 2 is 1.96 bits per heavy atom. The summed E-state index contributed by atoms with van der Waals surface area (Å²) >= 11 is 6.01. The predicted octanol–water partition coefficient (Wildman–Crippen LogP) is 4.51. The second kappa shape index (κ2) is 6.44. The molecule has 1 unspecified atom stereocenters. The quantitative estimate of drug-likeness (QED) is 0.803. The lowest BCUT2D eigenvalue weighted by Gasteiger charge is -2.31. The van der Waals surface area contributed by atoms with Gasteiger partial charge in [0.2, 0.25) is 0 Å². The summed E-state index contributed by atoms with van der Waals surface area (Å²) in [5.74, 6) is -0.495. The van der Waals surface area contributed by atoms with Crippen LogP contribution in [0.5, 0.6) is 0 Å². The van der Waals surface area contributed by atoms with E-state index in [1.807, 2.05) is 0 Å². The van der Waals surface area contributed by atoms with Crippen LogP contribution in [0.1, 0.15) is 5.56 Å². The van der Waals surface area contributed by atoms with Crippen molar-refractivity contribution in [1.29, 1.82) is 0 Å². The number of aromatic nitrogens is 1. The van der Waals surface area contributed by atoms with Crippen LogP contribution in [0.3, 0.4) is 0 Å². The summed E-state index contributed by atoms with van der Waals surface area (Å²) in [5, 5.41) is 3.06. The highest BCUT2D eigenvalue weighted by molar-refractivity contribution is 6.33. The minimum absolute atomic E-state index is 0.0571. The molecular formula is C16H13ClF4N4. The maximum atomic E-state index is 14.0. The summed E-state index contributed by atoms with van der Waals surface area (Å²) in [6.45, 7) is 0. The maximum Gasteiger partial charge on any atom is 0.416 e. The smallest absolute Gasteiger partial charge is 0.344 e. The molecule has 0 fully saturated rings. The molecule has 1 aliphatic rings. The molecule has 0 saturated carbocycles. The van der Waals surface area contributed by atoms with E-state index in [-0.39, 0.29) is 16.5 Å². The Labute approximate surface area is 146 Å². The molecule has 2 heterocycles. The SMILES string of the molecule is CN1C=CN(c2cc(C(F)(F)F)ccn2)C1Nc1c(F)cccc1Cl. The van der Waals surface area contributed by atoms with Gasteiger partial charge in [-0.25, -0.2) is 9.37 Å². The second-order valence-electron chi connectivity index (χ2n) is 5.39. The standard InChI is InChI=1S/C16H13ClF4N4/c1-24-7-8-25(13-9-10(5-6-22-13)16(19,20)21)15(24)23-14-11(17)3-2-4-12(14)18/h2-9,15,23H,1H3. The molecule has 1 atom stereocenters. The topological polar surface area (TPSA) is 31.4 Å². The van der Waals surface area contributed by atoms with Crippen molar-refractivity contribution in [3.8, 4) is 0 Å². The van der Waals surface area contributed by atoms with Gasteiger partial charge in [-0.05, 0) is 24.3 Å². The molecule has 3 rings (SSSR count). The highest BCUT2D eigenvalue weighted by atomic mass is 35.5. The average Bonchev–Trinajstić information content (AvgIpc) is 2.91. The van der Waals surface area contributed by atoms with E-state index >= 15 is 0 Å². The number of hydrogen-bond donors (Lipinski definition) is 1. The van der Waals surface area contributed by atoms with Crippen molar-refractivity contribution in [2.45, 2.75) is 12.5 Å². The highest BCUT2D eigenvalue weighted by Crippen LogP contribution is 2.33. The van der Waals surface area contributed by atoms with E-state index in [0.29, 0.717) is 0 Å². The minimum atomic E-state index is -4.48. The average molecular weight is 373 g/mol. The molecule has 0 spiro atoms. The first-order valence-electron chi connectivity index (χ1n) is 7.20. The van der Waals surface area contributed by atoms with Gasteiger partial charge in [-0.2, -0.15) is 13.2 Å². The molecule has 9 heteroatoms. The highest BCUT2D eigenvalue weighted by Gasteiger charge is 2.33. The van der Waals surface area contributed by atoms with Crippen molar-refractivity contribution >= 4 is 23.1 Å². The van der Waals surface area contributed by atoms with E-state index in [9.17, 15) is 17.6 Å². The molecule has 1 aromatic heterocycles. The lowest BCUT2D eigenvalue weighted by molar-refractivity contribution is -0.137. The monoisotopic (exact) mass is 372 g/mol. The van der Waals surface area contributed by atoms with Gasteiger partial charge in [0.15, 0.2) is 6.29 Å². The van der Waals surface area contributed by atoms with E-state index in [1.54, 1.807) is 24.3 Å². The zero-order chi connectivity index (χ0) is 18.2. The van der Waals surface area contributed by atoms with E-state index in [4.69, 9.17) is 11.6 Å². The summed E-state index contributed by atoms with van der Waals surface area (Å²) in [6, 6.07) is 6.04. The first-order valence-corrected chi connectivity index (χ1v) is 7.57. The number of anilines is 2. The normalized spacial score (nSPS) is 17.3. The number of benzene rings is 1. The predicted molar refractivity (Wildman–Crippen MR) is 87.4 cm³/mol. The Morgan fingerprint density at radius 3 is 2.64 bits per heavy atom. The van der Waals surface area contributed by atoms with Crippen molar-refractivity contribution in [1.82, 2.24) is 9.88 Å².